The van der Waals surface area contributed by atoms with Crippen molar-refractivity contribution >= 4 is 0 Å². The molecule has 0 radical (unpaired) electrons. The van der Waals surface area contributed by atoms with Crippen LogP contribution in [-0.4, -0.2) is 9.97 Å². The summed E-state index contributed by atoms with van der Waals surface area (Å²) in [6.07, 6.45) is 3.59. The Hall–Kier alpha value is -2.48. The topological polar surface area (TPSA) is 25.8 Å². The number of hydrogen-bond acceptors (Lipinski definition) is 2. The molecular weight excluding hydrogens is 232 g/mol. The van der Waals surface area contributed by atoms with Crippen LogP contribution >= 0.6 is 0 Å². The molecule has 3 aromatic rings. The summed E-state index contributed by atoms with van der Waals surface area (Å²) in [5, 5.41) is 0. The van der Waals surface area contributed by atoms with E-state index >= 15 is 0 Å². The molecular formula is C17H14N2. The lowest BCUT2D eigenvalue weighted by Gasteiger charge is -2.07. The summed E-state index contributed by atoms with van der Waals surface area (Å²) in [5.74, 6) is 0. The minimum absolute atomic E-state index is 0.987. The number of hydrogen-bond donors (Lipinski definition) is 0. The van der Waals surface area contributed by atoms with Crippen molar-refractivity contribution in [2.45, 2.75) is 6.92 Å². The lowest BCUT2D eigenvalue weighted by molar-refractivity contribution is 1.20. The first-order valence-electron chi connectivity index (χ1n) is 6.27. The van der Waals surface area contributed by atoms with Crippen LogP contribution in [0.2, 0.25) is 0 Å². The zero-order valence-corrected chi connectivity index (χ0v) is 10.7. The molecule has 0 atom stereocenters. The molecule has 0 amide bonds. The summed E-state index contributed by atoms with van der Waals surface area (Å²) in [6.45, 7) is 2.02. The zero-order valence-electron chi connectivity index (χ0n) is 10.7. The SMILES string of the molecule is Cc1cc(-c2ccccc2)cc(-c2ccncc2)n1. The van der Waals surface area contributed by atoms with Gasteiger partial charge in [-0.1, -0.05) is 30.3 Å². The van der Waals surface area contributed by atoms with E-state index in [1.165, 1.54) is 11.1 Å². The van der Waals surface area contributed by atoms with Crippen LogP contribution in [0.25, 0.3) is 22.4 Å². The summed E-state index contributed by atoms with van der Waals surface area (Å²) in [6, 6.07) is 18.6. The average Bonchev–Trinajstić information content (AvgIpc) is 2.48. The van der Waals surface area contributed by atoms with Crippen LogP contribution in [0.4, 0.5) is 0 Å². The predicted molar refractivity (Wildman–Crippen MR) is 77.6 cm³/mol. The maximum Gasteiger partial charge on any atom is 0.0712 e. The zero-order chi connectivity index (χ0) is 13.1. The van der Waals surface area contributed by atoms with E-state index in [0.29, 0.717) is 0 Å². The van der Waals surface area contributed by atoms with Crippen LogP contribution in [0, 0.1) is 6.92 Å². The van der Waals surface area contributed by atoms with Gasteiger partial charge in [0.2, 0.25) is 0 Å². The summed E-state index contributed by atoms with van der Waals surface area (Å²) in [5.41, 5.74) is 5.51. The van der Waals surface area contributed by atoms with Gasteiger partial charge in [0, 0.05) is 23.7 Å². The normalized spacial score (nSPS) is 10.4. The van der Waals surface area contributed by atoms with E-state index in [0.717, 1.165) is 17.0 Å². The third-order valence-electron chi connectivity index (χ3n) is 3.04. The van der Waals surface area contributed by atoms with Gasteiger partial charge in [0.05, 0.1) is 5.69 Å². The molecule has 0 aliphatic carbocycles. The highest BCUT2D eigenvalue weighted by atomic mass is 14.7. The van der Waals surface area contributed by atoms with E-state index in [4.69, 9.17) is 0 Å². The van der Waals surface area contributed by atoms with E-state index in [-0.39, 0.29) is 0 Å². The second kappa shape index (κ2) is 5.02. The molecule has 2 heterocycles. The highest BCUT2D eigenvalue weighted by molar-refractivity contribution is 5.70. The van der Waals surface area contributed by atoms with E-state index in [2.05, 4.69) is 46.4 Å². The van der Waals surface area contributed by atoms with Gasteiger partial charge in [0.25, 0.3) is 0 Å². The lowest BCUT2D eigenvalue weighted by Crippen LogP contribution is -1.89. The van der Waals surface area contributed by atoms with Crippen LogP contribution < -0.4 is 0 Å². The third-order valence-corrected chi connectivity index (χ3v) is 3.04. The molecule has 2 aromatic heterocycles. The molecule has 0 saturated carbocycles. The minimum atomic E-state index is 0.987. The van der Waals surface area contributed by atoms with Crippen molar-refractivity contribution < 1.29 is 0 Å². The standard InChI is InChI=1S/C17H14N2/c1-13-11-16(14-5-3-2-4-6-14)12-17(19-13)15-7-9-18-10-8-15/h2-12H,1H3. The first-order chi connectivity index (χ1) is 9.33. The largest absolute Gasteiger partial charge is 0.265 e. The Morgan fingerprint density at radius 3 is 2.21 bits per heavy atom. The molecule has 0 saturated heterocycles. The van der Waals surface area contributed by atoms with Crippen LogP contribution in [-0.2, 0) is 0 Å². The molecule has 0 fully saturated rings. The smallest absolute Gasteiger partial charge is 0.0712 e. The molecule has 3 rings (SSSR count). The van der Waals surface area contributed by atoms with Gasteiger partial charge in [0.1, 0.15) is 0 Å². The van der Waals surface area contributed by atoms with E-state index in [1.54, 1.807) is 12.4 Å². The Labute approximate surface area is 112 Å². The Morgan fingerprint density at radius 1 is 0.737 bits per heavy atom. The molecule has 0 N–H and O–H groups in total. The van der Waals surface area contributed by atoms with Crippen LogP contribution in [0.3, 0.4) is 0 Å². The Bertz CT molecular complexity index is 618. The molecule has 19 heavy (non-hydrogen) atoms. The van der Waals surface area contributed by atoms with Crippen LogP contribution in [0.15, 0.2) is 67.0 Å². The maximum atomic E-state index is 4.60. The number of nitrogens with zero attached hydrogens (tertiary/aromatic N) is 2. The van der Waals surface area contributed by atoms with Gasteiger partial charge in [-0.25, -0.2) is 0 Å². The Balaban J connectivity index is 2.12. The Morgan fingerprint density at radius 2 is 1.47 bits per heavy atom. The molecule has 1 aromatic carbocycles. The number of rotatable bonds is 2. The molecule has 0 aliphatic heterocycles. The molecule has 0 spiro atoms. The first-order valence-corrected chi connectivity index (χ1v) is 6.27. The van der Waals surface area contributed by atoms with Crippen molar-refractivity contribution in [2.24, 2.45) is 0 Å². The summed E-state index contributed by atoms with van der Waals surface area (Å²) in [7, 11) is 0. The van der Waals surface area contributed by atoms with Crippen molar-refractivity contribution in [1.29, 1.82) is 0 Å². The number of aryl methyl sites for hydroxylation is 1. The van der Waals surface area contributed by atoms with Gasteiger partial charge < -0.3 is 0 Å². The summed E-state index contributed by atoms with van der Waals surface area (Å²) >= 11 is 0. The molecule has 92 valence electrons. The summed E-state index contributed by atoms with van der Waals surface area (Å²) in [4.78, 5) is 8.65. The fraction of sp³-hybridized carbons (Fsp3) is 0.0588. The molecule has 0 bridgehead atoms. The minimum Gasteiger partial charge on any atom is -0.265 e. The van der Waals surface area contributed by atoms with Crippen molar-refractivity contribution in [1.82, 2.24) is 9.97 Å². The highest BCUT2D eigenvalue weighted by Crippen LogP contribution is 2.25. The van der Waals surface area contributed by atoms with Crippen molar-refractivity contribution in [2.75, 3.05) is 0 Å². The number of benzene rings is 1. The summed E-state index contributed by atoms with van der Waals surface area (Å²) < 4.78 is 0. The van der Waals surface area contributed by atoms with Gasteiger partial charge in [-0.15, -0.1) is 0 Å². The van der Waals surface area contributed by atoms with E-state index in [1.807, 2.05) is 25.1 Å². The van der Waals surface area contributed by atoms with Gasteiger partial charge >= 0.3 is 0 Å². The van der Waals surface area contributed by atoms with E-state index in [9.17, 15) is 0 Å². The number of pyridine rings is 2. The maximum absolute atomic E-state index is 4.60. The van der Waals surface area contributed by atoms with Crippen molar-refractivity contribution in [3.05, 3.63) is 72.7 Å². The quantitative estimate of drug-likeness (QED) is 0.679. The van der Waals surface area contributed by atoms with Crippen molar-refractivity contribution in [3.63, 3.8) is 0 Å². The average molecular weight is 246 g/mol. The first kappa shape index (κ1) is 11.6. The van der Waals surface area contributed by atoms with Gasteiger partial charge in [-0.05, 0) is 42.3 Å². The predicted octanol–water partition coefficient (Wildman–Crippen LogP) is 4.12. The second-order valence-corrected chi connectivity index (χ2v) is 4.48. The van der Waals surface area contributed by atoms with Gasteiger partial charge in [-0.2, -0.15) is 0 Å². The number of aromatic nitrogens is 2. The third kappa shape index (κ3) is 2.52. The van der Waals surface area contributed by atoms with Gasteiger partial charge in [-0.3, -0.25) is 9.97 Å². The van der Waals surface area contributed by atoms with Gasteiger partial charge in [0.15, 0.2) is 0 Å². The Kier molecular flexibility index (Phi) is 3.07. The monoisotopic (exact) mass is 246 g/mol. The molecule has 2 nitrogen and oxygen atoms in total. The molecule has 0 aliphatic rings. The second-order valence-electron chi connectivity index (χ2n) is 4.48. The molecule has 0 unspecified atom stereocenters. The fourth-order valence-corrected chi connectivity index (χ4v) is 2.14. The van der Waals surface area contributed by atoms with E-state index < -0.39 is 0 Å². The van der Waals surface area contributed by atoms with Crippen LogP contribution in [0.1, 0.15) is 5.69 Å². The molecule has 2 heteroatoms. The fourth-order valence-electron chi connectivity index (χ4n) is 2.14. The highest BCUT2D eigenvalue weighted by Gasteiger charge is 2.04. The van der Waals surface area contributed by atoms with Crippen molar-refractivity contribution in [3.8, 4) is 22.4 Å². The lowest BCUT2D eigenvalue weighted by atomic mass is 10.0. The van der Waals surface area contributed by atoms with Crippen LogP contribution in [0.5, 0.6) is 0 Å².